The summed E-state index contributed by atoms with van der Waals surface area (Å²) in [6.45, 7) is 0. The van der Waals surface area contributed by atoms with Crippen LogP contribution in [0.2, 0.25) is 0 Å². The third kappa shape index (κ3) is 1.87. The minimum absolute atomic E-state index is 0.173. The van der Waals surface area contributed by atoms with E-state index in [1.807, 2.05) is 0 Å². The third-order valence-corrected chi connectivity index (χ3v) is 6.62. The zero-order valence-electron chi connectivity index (χ0n) is 11.4. The van der Waals surface area contributed by atoms with Gasteiger partial charge in [-0.25, -0.2) is 0 Å². The van der Waals surface area contributed by atoms with Gasteiger partial charge in [0.2, 0.25) is 0 Å². The van der Waals surface area contributed by atoms with Gasteiger partial charge in [-0.3, -0.25) is 0 Å². The van der Waals surface area contributed by atoms with Crippen LogP contribution < -0.4 is 21.2 Å². The standard InChI is InChI=1S/C19H16I/c1-20-19-8-4-7-16-17(19)10-9-15-11-13-5-2-3-6-14(13)12-18(15)16/h2-12,16-17H,1H3/q-1. The minimum atomic E-state index is 0.173. The van der Waals surface area contributed by atoms with Crippen molar-refractivity contribution < 1.29 is 21.2 Å². The van der Waals surface area contributed by atoms with Gasteiger partial charge in [0.05, 0.1) is 0 Å². The number of hydrogen-bond acceptors (Lipinski definition) is 0. The molecule has 2 aliphatic carbocycles. The Kier molecular flexibility index (Phi) is 3.03. The van der Waals surface area contributed by atoms with Gasteiger partial charge in [-0.15, -0.1) is 0 Å². The Bertz CT molecular complexity index is 764. The SMILES string of the molecule is C[I-]C1=CC=CC2c3cc4ccccc4cc3C=CC12. The van der Waals surface area contributed by atoms with Gasteiger partial charge in [-0.1, -0.05) is 0 Å². The number of benzene rings is 2. The van der Waals surface area contributed by atoms with Crippen molar-refractivity contribution in [1.29, 1.82) is 0 Å². The van der Waals surface area contributed by atoms with Crippen LogP contribution >= 0.6 is 0 Å². The average Bonchev–Trinajstić information content (AvgIpc) is 2.52. The average molecular weight is 371 g/mol. The first-order valence-corrected chi connectivity index (χ1v) is 10.2. The molecule has 20 heavy (non-hydrogen) atoms. The summed E-state index contributed by atoms with van der Waals surface area (Å²) in [5.41, 5.74) is 2.89. The zero-order chi connectivity index (χ0) is 13.5. The van der Waals surface area contributed by atoms with Crippen LogP contribution in [0.25, 0.3) is 16.8 Å². The van der Waals surface area contributed by atoms with Gasteiger partial charge < -0.3 is 0 Å². The summed E-state index contributed by atoms with van der Waals surface area (Å²) in [5.74, 6) is 1.14. The summed E-state index contributed by atoms with van der Waals surface area (Å²) < 4.78 is 1.66. The number of fused-ring (bicyclic) bond motifs is 4. The number of alkyl halides is 1. The van der Waals surface area contributed by atoms with Crippen molar-refractivity contribution in [2.24, 2.45) is 5.92 Å². The fourth-order valence-electron chi connectivity index (χ4n) is 3.28. The van der Waals surface area contributed by atoms with E-state index in [0.29, 0.717) is 11.8 Å². The first-order valence-electron chi connectivity index (χ1n) is 6.95. The monoisotopic (exact) mass is 371 g/mol. The summed E-state index contributed by atoms with van der Waals surface area (Å²) in [7, 11) is 0. The summed E-state index contributed by atoms with van der Waals surface area (Å²) in [4.78, 5) is 2.37. The van der Waals surface area contributed by atoms with E-state index >= 15 is 0 Å². The third-order valence-electron chi connectivity index (χ3n) is 4.29. The molecule has 0 saturated carbocycles. The van der Waals surface area contributed by atoms with Crippen LogP contribution in [0.15, 0.2) is 64.3 Å². The van der Waals surface area contributed by atoms with Crippen LogP contribution in [0.4, 0.5) is 0 Å². The second-order valence-corrected chi connectivity index (χ2v) is 7.69. The molecule has 2 unspecified atom stereocenters. The van der Waals surface area contributed by atoms with E-state index in [9.17, 15) is 0 Å². The Morgan fingerprint density at radius 1 is 0.950 bits per heavy atom. The summed E-state index contributed by atoms with van der Waals surface area (Å²) in [5, 5.41) is 2.70. The Labute approximate surface area is 130 Å². The molecule has 0 N–H and O–H groups in total. The fraction of sp³-hybridized carbons (Fsp3) is 0.158. The van der Waals surface area contributed by atoms with Gasteiger partial charge in [0, 0.05) is 0 Å². The van der Waals surface area contributed by atoms with Gasteiger partial charge in [0.25, 0.3) is 0 Å². The molecule has 0 spiro atoms. The van der Waals surface area contributed by atoms with Gasteiger partial charge in [0.15, 0.2) is 0 Å². The summed E-state index contributed by atoms with van der Waals surface area (Å²) in [6, 6.07) is 13.4. The molecule has 0 fully saturated rings. The molecular formula is C19H16I-. The molecule has 2 aliphatic rings. The van der Waals surface area contributed by atoms with Crippen molar-refractivity contribution in [2.45, 2.75) is 5.92 Å². The Hall–Kier alpha value is -1.35. The van der Waals surface area contributed by atoms with E-state index in [2.05, 4.69) is 71.7 Å². The quantitative estimate of drug-likeness (QED) is 0.529. The van der Waals surface area contributed by atoms with Crippen LogP contribution in [0.3, 0.4) is 0 Å². The van der Waals surface area contributed by atoms with Gasteiger partial charge >= 0.3 is 130 Å². The molecule has 1 heteroatoms. The number of halogens is 1. The molecule has 0 amide bonds. The maximum atomic E-state index is 2.42. The molecule has 0 aliphatic heterocycles. The van der Waals surface area contributed by atoms with Crippen LogP contribution in [-0.2, 0) is 0 Å². The van der Waals surface area contributed by atoms with Crippen molar-refractivity contribution in [3.05, 3.63) is 75.4 Å². The molecular weight excluding hydrogens is 355 g/mol. The van der Waals surface area contributed by atoms with Crippen LogP contribution in [-0.4, -0.2) is 4.93 Å². The van der Waals surface area contributed by atoms with E-state index in [-0.39, 0.29) is 21.2 Å². The normalized spacial score (nSPS) is 23.6. The Balaban J connectivity index is 1.91. The van der Waals surface area contributed by atoms with Crippen LogP contribution in [0.5, 0.6) is 0 Å². The van der Waals surface area contributed by atoms with Crippen molar-refractivity contribution in [3.63, 3.8) is 0 Å². The number of hydrogen-bond donors (Lipinski definition) is 0. The number of allylic oxidation sites excluding steroid dienone is 5. The van der Waals surface area contributed by atoms with Crippen LogP contribution in [0.1, 0.15) is 17.0 Å². The van der Waals surface area contributed by atoms with E-state index in [1.54, 1.807) is 3.58 Å². The van der Waals surface area contributed by atoms with E-state index in [1.165, 1.54) is 21.9 Å². The van der Waals surface area contributed by atoms with Crippen molar-refractivity contribution in [2.75, 3.05) is 4.93 Å². The van der Waals surface area contributed by atoms with Gasteiger partial charge in [0.1, 0.15) is 0 Å². The molecule has 100 valence electrons. The van der Waals surface area contributed by atoms with Crippen molar-refractivity contribution in [1.82, 2.24) is 0 Å². The first-order chi connectivity index (χ1) is 9.86. The molecule has 0 heterocycles. The second kappa shape index (κ2) is 4.88. The second-order valence-electron chi connectivity index (χ2n) is 5.36. The van der Waals surface area contributed by atoms with E-state index in [4.69, 9.17) is 0 Å². The zero-order valence-corrected chi connectivity index (χ0v) is 13.5. The molecule has 0 nitrogen and oxygen atoms in total. The van der Waals surface area contributed by atoms with Crippen molar-refractivity contribution >= 4 is 16.8 Å². The van der Waals surface area contributed by atoms with Gasteiger partial charge in [-0.2, -0.15) is 0 Å². The molecule has 2 aromatic rings. The first kappa shape index (κ1) is 12.4. The van der Waals surface area contributed by atoms with E-state index in [0.717, 1.165) is 0 Å². The summed E-state index contributed by atoms with van der Waals surface area (Å²) >= 11 is 0.173. The molecule has 4 rings (SSSR count). The Morgan fingerprint density at radius 3 is 2.55 bits per heavy atom. The molecule has 0 bridgehead atoms. The molecule has 2 aromatic carbocycles. The molecule has 2 atom stereocenters. The molecule has 0 radical (unpaired) electrons. The van der Waals surface area contributed by atoms with E-state index < -0.39 is 0 Å². The predicted molar refractivity (Wildman–Crippen MR) is 82.4 cm³/mol. The topological polar surface area (TPSA) is 0 Å². The van der Waals surface area contributed by atoms with Crippen molar-refractivity contribution in [3.8, 4) is 0 Å². The summed E-state index contributed by atoms with van der Waals surface area (Å²) in [6.07, 6.45) is 11.7. The molecule has 0 aromatic heterocycles. The Morgan fingerprint density at radius 2 is 1.75 bits per heavy atom. The fourth-order valence-corrected chi connectivity index (χ4v) is 5.16. The van der Waals surface area contributed by atoms with Crippen LogP contribution in [0, 0.1) is 5.92 Å². The van der Waals surface area contributed by atoms with Gasteiger partial charge in [-0.05, 0) is 0 Å². The number of rotatable bonds is 1. The maximum absolute atomic E-state index is 2.42. The predicted octanol–water partition coefficient (Wildman–Crippen LogP) is 1.74. The molecule has 0 saturated heterocycles.